The molecule has 11 heteroatoms. The van der Waals surface area contributed by atoms with E-state index in [1.165, 1.54) is 13.0 Å². The normalized spacial score (nSPS) is 11.7. The van der Waals surface area contributed by atoms with Gasteiger partial charge in [-0.3, -0.25) is 14.5 Å². The maximum atomic E-state index is 12.2. The van der Waals surface area contributed by atoms with Gasteiger partial charge in [0.2, 0.25) is 5.91 Å². The molecule has 0 atom stereocenters. The zero-order valence-corrected chi connectivity index (χ0v) is 21.9. The number of carbonyl (C=O) groups is 1. The minimum Gasteiger partial charge on any atom is -0.394 e. The summed E-state index contributed by atoms with van der Waals surface area (Å²) >= 11 is 0. The molecule has 0 saturated carbocycles. The number of hydrogen-bond acceptors (Lipinski definition) is 8. The number of carbonyl (C=O) groups excluding carboxylic acids is 1. The van der Waals surface area contributed by atoms with Crippen LogP contribution in [0.2, 0.25) is 0 Å². The van der Waals surface area contributed by atoms with E-state index in [1.54, 1.807) is 35.4 Å². The third-order valence-corrected chi connectivity index (χ3v) is 7.43. The first-order valence-corrected chi connectivity index (χ1v) is 13.7. The van der Waals surface area contributed by atoms with Crippen molar-refractivity contribution >= 4 is 54.6 Å². The van der Waals surface area contributed by atoms with Gasteiger partial charge in [-0.1, -0.05) is 6.07 Å². The molecule has 194 valence electrons. The van der Waals surface area contributed by atoms with Gasteiger partial charge in [0.05, 0.1) is 41.1 Å². The average Bonchev–Trinajstić information content (AvgIpc) is 3.27. The van der Waals surface area contributed by atoms with Crippen molar-refractivity contribution in [1.82, 2.24) is 19.7 Å². The van der Waals surface area contributed by atoms with Crippen LogP contribution >= 0.6 is 0 Å². The van der Waals surface area contributed by atoms with Crippen molar-refractivity contribution in [2.45, 2.75) is 25.3 Å². The number of aliphatic hydroxyl groups excluding tert-OH is 1. The number of sulfone groups is 1. The van der Waals surface area contributed by atoms with Crippen molar-refractivity contribution in [3.05, 3.63) is 66.6 Å². The summed E-state index contributed by atoms with van der Waals surface area (Å²) < 4.78 is 26.1. The number of aryl methyl sites for hydroxylation is 1. The fourth-order valence-electron chi connectivity index (χ4n) is 4.54. The topological polar surface area (TPSA) is 139 Å². The summed E-state index contributed by atoms with van der Waals surface area (Å²) in [5, 5.41) is 22.3. The summed E-state index contributed by atoms with van der Waals surface area (Å²) in [5.41, 5.74) is 4.46. The monoisotopic (exact) mass is 530 g/mol. The zero-order chi connectivity index (χ0) is 27.0. The van der Waals surface area contributed by atoms with Crippen molar-refractivity contribution in [1.29, 1.82) is 0 Å². The molecular formula is C27H26N6O4S. The molecule has 3 aromatic heterocycles. The summed E-state index contributed by atoms with van der Waals surface area (Å²) in [6, 6.07) is 12.4. The molecule has 38 heavy (non-hydrogen) atoms. The van der Waals surface area contributed by atoms with Gasteiger partial charge in [0.15, 0.2) is 9.84 Å². The fraction of sp³-hybridized carbons (Fsp3) is 0.185. The molecule has 0 aliphatic heterocycles. The summed E-state index contributed by atoms with van der Waals surface area (Å²) in [6.45, 7) is 3.78. The smallest absolute Gasteiger partial charge is 0.221 e. The third-order valence-electron chi connectivity index (χ3n) is 6.27. The Morgan fingerprint density at radius 1 is 1.05 bits per heavy atom. The van der Waals surface area contributed by atoms with Crippen LogP contribution < -0.4 is 10.6 Å². The predicted molar refractivity (Wildman–Crippen MR) is 147 cm³/mol. The van der Waals surface area contributed by atoms with Crippen LogP contribution in [0.4, 0.5) is 17.2 Å². The van der Waals surface area contributed by atoms with Gasteiger partial charge < -0.3 is 15.7 Å². The van der Waals surface area contributed by atoms with Gasteiger partial charge in [0, 0.05) is 53.0 Å². The molecule has 3 N–H and O–H groups in total. The molecule has 0 saturated heterocycles. The van der Waals surface area contributed by atoms with E-state index in [-0.39, 0.29) is 23.1 Å². The molecule has 0 fully saturated rings. The Morgan fingerprint density at radius 2 is 1.87 bits per heavy atom. The van der Waals surface area contributed by atoms with E-state index in [2.05, 4.69) is 25.7 Å². The second-order valence-electron chi connectivity index (χ2n) is 9.00. The van der Waals surface area contributed by atoms with Gasteiger partial charge in [-0.2, -0.15) is 5.10 Å². The lowest BCUT2D eigenvalue weighted by molar-refractivity contribution is -0.114. The van der Waals surface area contributed by atoms with Gasteiger partial charge in [-0.25, -0.2) is 13.4 Å². The van der Waals surface area contributed by atoms with Gasteiger partial charge >= 0.3 is 0 Å². The van der Waals surface area contributed by atoms with Crippen molar-refractivity contribution < 1.29 is 18.3 Å². The van der Waals surface area contributed by atoms with E-state index < -0.39 is 9.84 Å². The Labute approximate surface area is 219 Å². The molecule has 5 aromatic rings. The Kier molecular flexibility index (Phi) is 6.55. The fourth-order valence-corrected chi connectivity index (χ4v) is 5.36. The molecule has 0 spiro atoms. The lowest BCUT2D eigenvalue weighted by Gasteiger charge is -2.14. The van der Waals surface area contributed by atoms with Crippen molar-refractivity contribution in [2.24, 2.45) is 0 Å². The van der Waals surface area contributed by atoms with Crippen LogP contribution in [-0.4, -0.2) is 52.0 Å². The molecule has 0 radical (unpaired) electrons. The first-order chi connectivity index (χ1) is 18.2. The van der Waals surface area contributed by atoms with Crippen LogP contribution in [0.1, 0.15) is 12.5 Å². The Bertz CT molecular complexity index is 1810. The second-order valence-corrected chi connectivity index (χ2v) is 11.0. The first-order valence-electron chi connectivity index (χ1n) is 11.9. The van der Waals surface area contributed by atoms with E-state index in [4.69, 9.17) is 0 Å². The third kappa shape index (κ3) is 4.81. The second kappa shape index (κ2) is 9.84. The molecule has 1 amide bonds. The largest absolute Gasteiger partial charge is 0.394 e. The predicted octanol–water partition coefficient (Wildman–Crippen LogP) is 4.05. The highest BCUT2D eigenvalue weighted by Gasteiger charge is 2.17. The molecule has 2 aromatic carbocycles. The molecule has 0 aliphatic rings. The average molecular weight is 531 g/mol. The lowest BCUT2D eigenvalue weighted by Crippen LogP contribution is -2.11. The number of rotatable bonds is 7. The van der Waals surface area contributed by atoms with Crippen molar-refractivity contribution in [3.8, 4) is 11.3 Å². The Hall–Kier alpha value is -4.35. The first kappa shape index (κ1) is 25.3. The summed E-state index contributed by atoms with van der Waals surface area (Å²) in [6.07, 6.45) is 6.39. The lowest BCUT2D eigenvalue weighted by atomic mass is 9.98. The highest BCUT2D eigenvalue weighted by molar-refractivity contribution is 7.90. The Balaban J connectivity index is 1.56. The van der Waals surface area contributed by atoms with Gasteiger partial charge in [-0.15, -0.1) is 0 Å². The van der Waals surface area contributed by atoms with E-state index in [0.29, 0.717) is 18.1 Å². The number of aliphatic hydroxyl groups is 1. The van der Waals surface area contributed by atoms with Crippen molar-refractivity contribution in [3.63, 3.8) is 0 Å². The standard InChI is InChI=1S/C27H26N6O4S/c1-16-20(5-6-24-22(16)15-30-33(24)10-11-34)27-21-13-26(29-14-18(21)8-9-28-27)32-19-4-7-25(38(3,36)37)23(12-19)31-17(2)35/h4-9,12-15,34H,10-11H2,1-3H3,(H,29,32)(H,31,35). The molecule has 5 rings (SSSR count). The van der Waals surface area contributed by atoms with E-state index in [9.17, 15) is 18.3 Å². The number of nitrogens with one attached hydrogen (secondary N) is 2. The minimum absolute atomic E-state index is 0.00846. The molecule has 0 unspecified atom stereocenters. The molecule has 0 bridgehead atoms. The number of nitrogens with zero attached hydrogens (tertiary/aromatic N) is 4. The zero-order valence-electron chi connectivity index (χ0n) is 21.1. The number of pyridine rings is 2. The SMILES string of the molecule is CC(=O)Nc1cc(Nc2cc3c(-c4ccc5c(cnn5CCO)c4C)nccc3cn2)ccc1S(C)(=O)=O. The van der Waals surface area contributed by atoms with Crippen LogP contribution in [0, 0.1) is 6.92 Å². The highest BCUT2D eigenvalue weighted by Crippen LogP contribution is 2.34. The van der Waals surface area contributed by atoms with Gasteiger partial charge in [0.1, 0.15) is 5.82 Å². The molecule has 0 aliphatic carbocycles. The number of fused-ring (bicyclic) bond motifs is 2. The number of amides is 1. The molecule has 3 heterocycles. The molecular weight excluding hydrogens is 504 g/mol. The quantitative estimate of drug-likeness (QED) is 0.286. The molecule has 10 nitrogen and oxygen atoms in total. The summed E-state index contributed by atoms with van der Waals surface area (Å²) in [7, 11) is -3.54. The minimum atomic E-state index is -3.54. The van der Waals surface area contributed by atoms with Crippen molar-refractivity contribution in [2.75, 3.05) is 23.5 Å². The van der Waals surface area contributed by atoms with E-state index in [1.807, 2.05) is 31.2 Å². The maximum absolute atomic E-state index is 12.2. The van der Waals surface area contributed by atoms with Crippen LogP contribution in [0.15, 0.2) is 66.0 Å². The Morgan fingerprint density at radius 3 is 2.61 bits per heavy atom. The van der Waals surface area contributed by atoms with Crippen LogP contribution in [0.3, 0.4) is 0 Å². The number of aromatic nitrogens is 4. The van der Waals surface area contributed by atoms with Crippen LogP contribution in [0.25, 0.3) is 32.9 Å². The number of hydrogen-bond donors (Lipinski definition) is 3. The maximum Gasteiger partial charge on any atom is 0.221 e. The summed E-state index contributed by atoms with van der Waals surface area (Å²) in [5.74, 6) is 0.156. The number of anilines is 3. The van der Waals surface area contributed by atoms with E-state index >= 15 is 0 Å². The van der Waals surface area contributed by atoms with Gasteiger partial charge in [-0.05, 0) is 48.9 Å². The van der Waals surface area contributed by atoms with E-state index in [0.717, 1.165) is 44.8 Å². The number of benzene rings is 2. The van der Waals surface area contributed by atoms with Gasteiger partial charge in [0.25, 0.3) is 0 Å². The highest BCUT2D eigenvalue weighted by atomic mass is 32.2. The van der Waals surface area contributed by atoms with Crippen LogP contribution in [0.5, 0.6) is 0 Å². The summed E-state index contributed by atoms with van der Waals surface area (Å²) in [4.78, 5) is 20.9. The van der Waals surface area contributed by atoms with Crippen LogP contribution in [-0.2, 0) is 21.2 Å².